The van der Waals surface area contributed by atoms with Crippen molar-refractivity contribution in [2.45, 2.75) is 11.5 Å². The lowest BCUT2D eigenvalue weighted by Gasteiger charge is -2.12. The highest BCUT2D eigenvalue weighted by molar-refractivity contribution is 7.89. The quantitative estimate of drug-likeness (QED) is 0.776. The molecule has 0 N–H and O–H groups in total. The summed E-state index contributed by atoms with van der Waals surface area (Å²) in [5.41, 5.74) is 1.41. The highest BCUT2D eigenvalue weighted by Gasteiger charge is 2.19. The van der Waals surface area contributed by atoms with Crippen LogP contribution in [0.4, 0.5) is 0 Å². The number of hydrogen-bond donors (Lipinski definition) is 0. The number of sulfonamides is 1. The first-order valence-electron chi connectivity index (χ1n) is 7.03. The van der Waals surface area contributed by atoms with Gasteiger partial charge >= 0.3 is 5.97 Å². The average molecular weight is 344 g/mol. The number of hydrogen-bond acceptors (Lipinski definition) is 5. The van der Waals surface area contributed by atoms with Crippen molar-refractivity contribution in [3.05, 3.63) is 65.2 Å². The molecule has 0 bridgehead atoms. The fourth-order valence-corrected chi connectivity index (χ4v) is 2.85. The van der Waals surface area contributed by atoms with Crippen molar-refractivity contribution in [3.63, 3.8) is 0 Å². The summed E-state index contributed by atoms with van der Waals surface area (Å²) < 4.78 is 30.5. The molecule has 124 valence electrons. The number of benzene rings is 2. The van der Waals surface area contributed by atoms with Gasteiger partial charge < -0.3 is 4.74 Å². The highest BCUT2D eigenvalue weighted by Crippen LogP contribution is 2.16. The van der Waals surface area contributed by atoms with Gasteiger partial charge in [0.2, 0.25) is 10.0 Å². The third-order valence-corrected chi connectivity index (χ3v) is 5.11. The summed E-state index contributed by atoms with van der Waals surface area (Å²) in [5.74, 6) is -0.616. The predicted molar refractivity (Wildman–Crippen MR) is 87.6 cm³/mol. The van der Waals surface area contributed by atoms with Crippen molar-refractivity contribution in [1.82, 2.24) is 4.31 Å². The summed E-state index contributed by atoms with van der Waals surface area (Å²) in [5, 5.41) is 8.74. The van der Waals surface area contributed by atoms with Crippen molar-refractivity contribution in [2.24, 2.45) is 0 Å². The number of nitrogens with zero attached hydrogens (tertiary/aromatic N) is 2. The summed E-state index contributed by atoms with van der Waals surface area (Å²) in [6.07, 6.45) is 0. The third-order valence-electron chi connectivity index (χ3n) is 3.30. The Bertz CT molecular complexity index is 882. The molecule has 0 aromatic heterocycles. The molecule has 0 aliphatic heterocycles. The van der Waals surface area contributed by atoms with Gasteiger partial charge in [0.15, 0.2) is 0 Å². The molecule has 7 heteroatoms. The molecular formula is C17H16N2O4S. The van der Waals surface area contributed by atoms with Gasteiger partial charge in [-0.05, 0) is 35.9 Å². The van der Waals surface area contributed by atoms with Crippen LogP contribution in [0.1, 0.15) is 21.5 Å². The minimum atomic E-state index is -3.61. The van der Waals surface area contributed by atoms with Crippen molar-refractivity contribution >= 4 is 16.0 Å². The zero-order valence-corrected chi connectivity index (χ0v) is 14.1. The van der Waals surface area contributed by atoms with Gasteiger partial charge in [-0.3, -0.25) is 0 Å². The zero-order chi connectivity index (χ0) is 17.7. The van der Waals surface area contributed by atoms with Crippen LogP contribution in [0.3, 0.4) is 0 Å². The van der Waals surface area contributed by atoms with Crippen LogP contribution >= 0.6 is 0 Å². The van der Waals surface area contributed by atoms with Gasteiger partial charge in [-0.25, -0.2) is 17.5 Å². The first kappa shape index (κ1) is 17.7. The molecule has 2 rings (SSSR count). The predicted octanol–water partition coefficient (Wildman–Crippen LogP) is 2.17. The second-order valence-corrected chi connectivity index (χ2v) is 7.35. The number of carbonyl (C=O) groups excluding carboxylic acids is 1. The lowest BCUT2D eigenvalue weighted by atomic mass is 10.1. The first-order valence-corrected chi connectivity index (χ1v) is 8.47. The molecule has 0 atom stereocenters. The summed E-state index contributed by atoms with van der Waals surface area (Å²) in [6.45, 7) is 0.0369. The number of esters is 1. The Morgan fingerprint density at radius 2 is 1.83 bits per heavy atom. The molecule has 2 aromatic rings. The van der Waals surface area contributed by atoms with Crippen LogP contribution in [0, 0.1) is 11.3 Å². The van der Waals surface area contributed by atoms with Crippen LogP contribution < -0.4 is 0 Å². The van der Waals surface area contributed by atoms with E-state index >= 15 is 0 Å². The Hall–Kier alpha value is -2.69. The summed E-state index contributed by atoms with van der Waals surface area (Å²) in [6, 6.07) is 14.4. The third kappa shape index (κ3) is 3.98. The number of carbonyl (C=O) groups is 1. The standard InChI is InChI=1S/C17H16N2O4S/c1-19(2)24(21,22)16-5-3-4-15(10-16)17(20)23-12-14-8-6-13(11-18)7-9-14/h3-10H,12H2,1-2H3. The molecule has 0 spiro atoms. The second-order valence-electron chi connectivity index (χ2n) is 5.20. The molecule has 6 nitrogen and oxygen atoms in total. The SMILES string of the molecule is CN(C)S(=O)(=O)c1cccc(C(=O)OCc2ccc(C#N)cc2)c1. The van der Waals surface area contributed by atoms with Crippen LogP contribution in [0.2, 0.25) is 0 Å². The molecule has 0 heterocycles. The zero-order valence-electron chi connectivity index (χ0n) is 13.3. The van der Waals surface area contributed by atoms with Gasteiger partial charge in [0.25, 0.3) is 0 Å². The minimum Gasteiger partial charge on any atom is -0.457 e. The monoisotopic (exact) mass is 344 g/mol. The van der Waals surface area contributed by atoms with E-state index in [1.54, 1.807) is 24.3 Å². The first-order chi connectivity index (χ1) is 11.3. The summed E-state index contributed by atoms with van der Waals surface area (Å²) in [7, 11) is -0.769. The topological polar surface area (TPSA) is 87.5 Å². The van der Waals surface area contributed by atoms with Gasteiger partial charge in [-0.2, -0.15) is 5.26 Å². The van der Waals surface area contributed by atoms with Crippen LogP contribution in [0.5, 0.6) is 0 Å². The molecule has 0 amide bonds. The van der Waals surface area contributed by atoms with Crippen LogP contribution in [-0.2, 0) is 21.4 Å². The van der Waals surface area contributed by atoms with E-state index in [0.29, 0.717) is 5.56 Å². The van der Waals surface area contributed by atoms with Crippen LogP contribution in [0.15, 0.2) is 53.4 Å². The Labute approximate surface area is 141 Å². The molecule has 0 unspecified atom stereocenters. The van der Waals surface area contributed by atoms with Gasteiger partial charge in [0.05, 0.1) is 22.1 Å². The van der Waals surface area contributed by atoms with Crippen LogP contribution in [-0.4, -0.2) is 32.8 Å². The maximum atomic E-state index is 12.1. The van der Waals surface area contributed by atoms with Gasteiger partial charge in [-0.15, -0.1) is 0 Å². The van der Waals surface area contributed by atoms with E-state index in [4.69, 9.17) is 10.00 Å². The Morgan fingerprint density at radius 1 is 1.17 bits per heavy atom. The average Bonchev–Trinajstić information content (AvgIpc) is 2.60. The number of rotatable bonds is 5. The van der Waals surface area contributed by atoms with Gasteiger partial charge in [-0.1, -0.05) is 18.2 Å². The van der Waals surface area contributed by atoms with E-state index in [1.807, 2.05) is 6.07 Å². The lowest BCUT2D eigenvalue weighted by Crippen LogP contribution is -2.22. The van der Waals surface area contributed by atoms with Gasteiger partial charge in [0.1, 0.15) is 6.61 Å². The molecule has 0 fully saturated rings. The van der Waals surface area contributed by atoms with Crippen LogP contribution in [0.25, 0.3) is 0 Å². The molecule has 24 heavy (non-hydrogen) atoms. The van der Waals surface area contributed by atoms with Crippen molar-refractivity contribution in [3.8, 4) is 6.07 Å². The summed E-state index contributed by atoms with van der Waals surface area (Å²) in [4.78, 5) is 12.1. The highest BCUT2D eigenvalue weighted by atomic mass is 32.2. The fourth-order valence-electron chi connectivity index (χ4n) is 1.90. The molecule has 2 aromatic carbocycles. The van der Waals surface area contributed by atoms with Gasteiger partial charge in [0, 0.05) is 14.1 Å². The number of ether oxygens (including phenoxy) is 1. The molecule has 0 aliphatic rings. The molecule has 0 saturated heterocycles. The Kier molecular flexibility index (Phi) is 5.34. The van der Waals surface area contributed by atoms with E-state index in [1.165, 1.54) is 38.4 Å². The van der Waals surface area contributed by atoms with E-state index < -0.39 is 16.0 Å². The van der Waals surface area contributed by atoms with E-state index in [0.717, 1.165) is 9.87 Å². The molecular weight excluding hydrogens is 328 g/mol. The normalized spacial score (nSPS) is 11.1. The molecule has 0 radical (unpaired) electrons. The Balaban J connectivity index is 2.11. The Morgan fingerprint density at radius 3 is 2.42 bits per heavy atom. The lowest BCUT2D eigenvalue weighted by molar-refractivity contribution is 0.0472. The largest absolute Gasteiger partial charge is 0.457 e. The maximum Gasteiger partial charge on any atom is 0.338 e. The maximum absolute atomic E-state index is 12.1. The van der Waals surface area contributed by atoms with Crippen molar-refractivity contribution < 1.29 is 17.9 Å². The molecule has 0 aliphatic carbocycles. The van der Waals surface area contributed by atoms with E-state index in [9.17, 15) is 13.2 Å². The van der Waals surface area contributed by atoms with E-state index in [-0.39, 0.29) is 17.1 Å². The fraction of sp³-hybridized carbons (Fsp3) is 0.176. The van der Waals surface area contributed by atoms with E-state index in [2.05, 4.69) is 0 Å². The number of nitriles is 1. The smallest absolute Gasteiger partial charge is 0.338 e. The minimum absolute atomic E-state index is 0.0281. The molecule has 0 saturated carbocycles. The van der Waals surface area contributed by atoms with Crippen molar-refractivity contribution in [1.29, 1.82) is 5.26 Å². The van der Waals surface area contributed by atoms with Crippen molar-refractivity contribution in [2.75, 3.05) is 14.1 Å². The second kappa shape index (κ2) is 7.25. The summed E-state index contributed by atoms with van der Waals surface area (Å²) >= 11 is 0.